The van der Waals surface area contributed by atoms with Crippen LogP contribution in [0.15, 0.2) is 12.7 Å². The van der Waals surface area contributed by atoms with E-state index in [9.17, 15) is 0 Å². The van der Waals surface area contributed by atoms with Crippen LogP contribution in [0.5, 0.6) is 0 Å². The SMILES string of the molecule is C=CC1CCCC(CCCCC)C1. The fraction of sp³-hybridized carbons (Fsp3) is 0.846. The Bertz CT molecular complexity index is 137. The van der Waals surface area contributed by atoms with Crippen molar-refractivity contribution < 1.29 is 0 Å². The molecule has 1 saturated carbocycles. The van der Waals surface area contributed by atoms with Crippen molar-refractivity contribution in [3.8, 4) is 0 Å². The average Bonchev–Trinajstić information content (AvgIpc) is 2.19. The summed E-state index contributed by atoms with van der Waals surface area (Å²) < 4.78 is 0. The van der Waals surface area contributed by atoms with Gasteiger partial charge in [-0.1, -0.05) is 51.5 Å². The van der Waals surface area contributed by atoms with Crippen LogP contribution in [0.3, 0.4) is 0 Å². The maximum absolute atomic E-state index is 3.92. The van der Waals surface area contributed by atoms with Gasteiger partial charge in [0, 0.05) is 0 Å². The van der Waals surface area contributed by atoms with Gasteiger partial charge < -0.3 is 0 Å². The topological polar surface area (TPSA) is 0 Å². The number of unbranched alkanes of at least 4 members (excludes halogenated alkanes) is 2. The molecule has 0 aromatic heterocycles. The van der Waals surface area contributed by atoms with Gasteiger partial charge in [-0.05, 0) is 24.7 Å². The molecule has 0 N–H and O–H groups in total. The Morgan fingerprint density at radius 2 is 2.15 bits per heavy atom. The van der Waals surface area contributed by atoms with E-state index in [1.165, 1.54) is 51.4 Å². The summed E-state index contributed by atoms with van der Waals surface area (Å²) in [5, 5.41) is 0. The molecule has 0 heteroatoms. The van der Waals surface area contributed by atoms with Gasteiger partial charge in [-0.25, -0.2) is 0 Å². The van der Waals surface area contributed by atoms with E-state index >= 15 is 0 Å². The van der Waals surface area contributed by atoms with Gasteiger partial charge in [0.25, 0.3) is 0 Å². The predicted octanol–water partition coefficient (Wildman–Crippen LogP) is 4.56. The van der Waals surface area contributed by atoms with Crippen molar-refractivity contribution in [2.45, 2.75) is 58.3 Å². The Morgan fingerprint density at radius 1 is 1.31 bits per heavy atom. The summed E-state index contributed by atoms with van der Waals surface area (Å²) in [5.74, 6) is 1.85. The molecule has 0 aliphatic heterocycles. The van der Waals surface area contributed by atoms with Crippen molar-refractivity contribution >= 4 is 0 Å². The van der Waals surface area contributed by atoms with Crippen LogP contribution in [0.25, 0.3) is 0 Å². The Kier molecular flexibility index (Phi) is 5.19. The summed E-state index contributed by atoms with van der Waals surface area (Å²) in [7, 11) is 0. The van der Waals surface area contributed by atoms with E-state index in [0.29, 0.717) is 0 Å². The van der Waals surface area contributed by atoms with Crippen molar-refractivity contribution in [2.75, 3.05) is 0 Å². The first-order valence-corrected chi connectivity index (χ1v) is 5.99. The Balaban J connectivity index is 2.14. The van der Waals surface area contributed by atoms with Crippen molar-refractivity contribution in [1.82, 2.24) is 0 Å². The minimum Gasteiger partial charge on any atom is -0.103 e. The quantitative estimate of drug-likeness (QED) is 0.430. The zero-order chi connectivity index (χ0) is 9.52. The Hall–Kier alpha value is -0.260. The zero-order valence-corrected chi connectivity index (χ0v) is 9.10. The van der Waals surface area contributed by atoms with Gasteiger partial charge in [0.05, 0.1) is 0 Å². The van der Waals surface area contributed by atoms with Crippen LogP contribution in [0.2, 0.25) is 0 Å². The van der Waals surface area contributed by atoms with Crippen molar-refractivity contribution in [3.05, 3.63) is 12.7 Å². The van der Waals surface area contributed by atoms with Gasteiger partial charge in [-0.3, -0.25) is 0 Å². The number of allylic oxidation sites excluding steroid dienone is 1. The lowest BCUT2D eigenvalue weighted by Crippen LogP contribution is -2.13. The monoisotopic (exact) mass is 180 g/mol. The second-order valence-corrected chi connectivity index (χ2v) is 4.52. The molecule has 0 nitrogen and oxygen atoms in total. The second-order valence-electron chi connectivity index (χ2n) is 4.52. The first-order chi connectivity index (χ1) is 6.36. The van der Waals surface area contributed by atoms with Gasteiger partial charge in [-0.2, -0.15) is 0 Å². The first-order valence-electron chi connectivity index (χ1n) is 5.99. The van der Waals surface area contributed by atoms with Gasteiger partial charge in [0.15, 0.2) is 0 Å². The normalized spacial score (nSPS) is 28.7. The zero-order valence-electron chi connectivity index (χ0n) is 9.10. The highest BCUT2D eigenvalue weighted by atomic mass is 14.2. The number of hydrogen-bond donors (Lipinski definition) is 0. The number of hydrogen-bond acceptors (Lipinski definition) is 0. The van der Waals surface area contributed by atoms with E-state index in [1.54, 1.807) is 0 Å². The van der Waals surface area contributed by atoms with Gasteiger partial charge in [-0.15, -0.1) is 6.58 Å². The van der Waals surface area contributed by atoms with Crippen molar-refractivity contribution in [2.24, 2.45) is 11.8 Å². The molecule has 2 atom stereocenters. The molecule has 0 aromatic rings. The molecular weight excluding hydrogens is 156 g/mol. The van der Waals surface area contributed by atoms with Crippen LogP contribution < -0.4 is 0 Å². The highest BCUT2D eigenvalue weighted by Gasteiger charge is 2.18. The second kappa shape index (κ2) is 6.23. The fourth-order valence-electron chi connectivity index (χ4n) is 2.49. The summed E-state index contributed by atoms with van der Waals surface area (Å²) in [4.78, 5) is 0. The smallest absolute Gasteiger partial charge is 0.0234 e. The summed E-state index contributed by atoms with van der Waals surface area (Å²) in [5.41, 5.74) is 0. The molecular formula is C13H24. The molecule has 0 radical (unpaired) electrons. The average molecular weight is 180 g/mol. The minimum atomic E-state index is 0.834. The van der Waals surface area contributed by atoms with Crippen LogP contribution in [-0.4, -0.2) is 0 Å². The van der Waals surface area contributed by atoms with Crippen LogP contribution in [0.4, 0.5) is 0 Å². The molecule has 0 heterocycles. The third-order valence-corrected chi connectivity index (χ3v) is 3.37. The molecule has 1 aliphatic carbocycles. The van der Waals surface area contributed by atoms with E-state index in [2.05, 4.69) is 19.6 Å². The molecule has 1 fully saturated rings. The molecule has 0 spiro atoms. The lowest BCUT2D eigenvalue weighted by molar-refractivity contribution is 0.283. The predicted molar refractivity (Wildman–Crippen MR) is 59.8 cm³/mol. The molecule has 13 heavy (non-hydrogen) atoms. The van der Waals surface area contributed by atoms with E-state index in [0.717, 1.165) is 11.8 Å². The summed E-state index contributed by atoms with van der Waals surface area (Å²) >= 11 is 0. The van der Waals surface area contributed by atoms with Gasteiger partial charge in [0.1, 0.15) is 0 Å². The number of rotatable bonds is 5. The third kappa shape index (κ3) is 3.97. The molecule has 76 valence electrons. The van der Waals surface area contributed by atoms with E-state index in [4.69, 9.17) is 0 Å². The van der Waals surface area contributed by atoms with Crippen LogP contribution >= 0.6 is 0 Å². The Morgan fingerprint density at radius 3 is 2.85 bits per heavy atom. The third-order valence-electron chi connectivity index (χ3n) is 3.37. The first kappa shape index (κ1) is 10.8. The van der Waals surface area contributed by atoms with Crippen LogP contribution in [0, 0.1) is 11.8 Å². The molecule has 0 saturated heterocycles. The standard InChI is InChI=1S/C13H24/c1-3-5-6-8-13-10-7-9-12(4-2)11-13/h4,12-13H,2-3,5-11H2,1H3. The van der Waals surface area contributed by atoms with Crippen molar-refractivity contribution in [3.63, 3.8) is 0 Å². The molecule has 0 aromatic carbocycles. The molecule has 1 rings (SSSR count). The molecule has 2 unspecified atom stereocenters. The summed E-state index contributed by atoms with van der Waals surface area (Å²) in [6.07, 6.45) is 13.6. The molecule has 0 bridgehead atoms. The van der Waals surface area contributed by atoms with E-state index in [-0.39, 0.29) is 0 Å². The minimum absolute atomic E-state index is 0.834. The lowest BCUT2D eigenvalue weighted by Gasteiger charge is -2.27. The van der Waals surface area contributed by atoms with Crippen LogP contribution in [0.1, 0.15) is 58.3 Å². The van der Waals surface area contributed by atoms with Crippen LogP contribution in [-0.2, 0) is 0 Å². The maximum Gasteiger partial charge on any atom is -0.0234 e. The lowest BCUT2D eigenvalue weighted by atomic mass is 9.79. The maximum atomic E-state index is 3.92. The fourth-order valence-corrected chi connectivity index (χ4v) is 2.49. The highest BCUT2D eigenvalue weighted by Crippen LogP contribution is 2.32. The highest BCUT2D eigenvalue weighted by molar-refractivity contribution is 4.84. The summed E-state index contributed by atoms with van der Waals surface area (Å²) in [6, 6.07) is 0. The summed E-state index contributed by atoms with van der Waals surface area (Å²) in [6.45, 7) is 6.20. The molecule has 1 aliphatic rings. The van der Waals surface area contributed by atoms with Gasteiger partial charge in [0.2, 0.25) is 0 Å². The largest absolute Gasteiger partial charge is 0.103 e. The van der Waals surface area contributed by atoms with Crippen molar-refractivity contribution in [1.29, 1.82) is 0 Å². The van der Waals surface area contributed by atoms with E-state index in [1.807, 2.05) is 0 Å². The molecule has 0 amide bonds. The Labute approximate surface area is 83.4 Å². The van der Waals surface area contributed by atoms with Gasteiger partial charge >= 0.3 is 0 Å². The van der Waals surface area contributed by atoms with E-state index < -0.39 is 0 Å².